The number of nitrogens with zero attached hydrogens (tertiary/aromatic N) is 2. The molecule has 1 N–H and O–H groups in total. The van der Waals surface area contributed by atoms with Crippen LogP contribution in [0.3, 0.4) is 0 Å². The molecular weight excluding hydrogens is 242 g/mol. The lowest BCUT2D eigenvalue weighted by atomic mass is 10.3. The maximum atomic E-state index is 4.64. The highest BCUT2D eigenvalue weighted by molar-refractivity contribution is 7.18. The van der Waals surface area contributed by atoms with Crippen molar-refractivity contribution in [2.45, 2.75) is 13.0 Å². The molecule has 18 heavy (non-hydrogen) atoms. The summed E-state index contributed by atoms with van der Waals surface area (Å²) in [7, 11) is 0. The van der Waals surface area contributed by atoms with Crippen LogP contribution in [-0.2, 0) is 0 Å². The van der Waals surface area contributed by atoms with Crippen molar-refractivity contribution in [3.05, 3.63) is 53.8 Å². The molecule has 3 rings (SSSR count). The van der Waals surface area contributed by atoms with E-state index in [4.69, 9.17) is 0 Å². The second-order valence-corrected chi connectivity index (χ2v) is 5.19. The van der Waals surface area contributed by atoms with E-state index >= 15 is 0 Å². The molecule has 4 heteroatoms. The fourth-order valence-electron chi connectivity index (χ4n) is 1.84. The van der Waals surface area contributed by atoms with Gasteiger partial charge >= 0.3 is 0 Å². The minimum Gasteiger partial charge on any atom is -0.375 e. The number of rotatable bonds is 3. The summed E-state index contributed by atoms with van der Waals surface area (Å²) in [5.74, 6) is 0. The smallest absolute Gasteiger partial charge is 0.116 e. The van der Waals surface area contributed by atoms with Gasteiger partial charge in [0.05, 0.1) is 21.9 Å². The number of nitrogens with one attached hydrogen (secondary N) is 1. The van der Waals surface area contributed by atoms with Gasteiger partial charge in [-0.2, -0.15) is 0 Å². The summed E-state index contributed by atoms with van der Waals surface area (Å²) < 4.78 is 1.23. The molecule has 1 aromatic carbocycles. The minimum atomic E-state index is 0.187. The number of aromatic nitrogens is 2. The van der Waals surface area contributed by atoms with Gasteiger partial charge in [0.15, 0.2) is 0 Å². The van der Waals surface area contributed by atoms with Gasteiger partial charge in [-0.15, -0.1) is 11.3 Å². The number of hydrogen-bond acceptors (Lipinski definition) is 4. The Morgan fingerprint density at radius 2 is 2.06 bits per heavy atom. The topological polar surface area (TPSA) is 37.8 Å². The second-order valence-electron chi connectivity index (χ2n) is 4.13. The Labute approximate surface area is 110 Å². The van der Waals surface area contributed by atoms with Crippen LogP contribution in [0.1, 0.15) is 18.0 Å². The number of thiazole rings is 1. The van der Waals surface area contributed by atoms with Gasteiger partial charge in [0.1, 0.15) is 5.01 Å². The molecular formula is C14H13N3S. The molecule has 1 atom stereocenters. The summed E-state index contributed by atoms with van der Waals surface area (Å²) in [6, 6.07) is 12.3. The van der Waals surface area contributed by atoms with Crippen LogP contribution < -0.4 is 5.32 Å². The lowest BCUT2D eigenvalue weighted by molar-refractivity contribution is 0.872. The van der Waals surface area contributed by atoms with Crippen molar-refractivity contribution in [2.24, 2.45) is 0 Å². The maximum Gasteiger partial charge on any atom is 0.116 e. The first-order valence-corrected chi connectivity index (χ1v) is 6.66. The molecule has 0 amide bonds. The molecule has 0 saturated carbocycles. The lowest BCUT2D eigenvalue weighted by Gasteiger charge is -2.11. The molecule has 3 aromatic rings. The molecule has 1 unspecified atom stereocenters. The van der Waals surface area contributed by atoms with Gasteiger partial charge in [-0.1, -0.05) is 12.1 Å². The Morgan fingerprint density at radius 1 is 1.17 bits per heavy atom. The fourth-order valence-corrected chi connectivity index (χ4v) is 2.80. The number of anilines is 1. The van der Waals surface area contributed by atoms with E-state index in [1.54, 1.807) is 17.5 Å². The van der Waals surface area contributed by atoms with Crippen LogP contribution in [0.25, 0.3) is 10.2 Å². The molecule has 0 spiro atoms. The zero-order valence-electron chi connectivity index (χ0n) is 10.00. The van der Waals surface area contributed by atoms with E-state index in [9.17, 15) is 0 Å². The van der Waals surface area contributed by atoms with Gasteiger partial charge in [0.25, 0.3) is 0 Å². The Bertz CT molecular complexity index is 615. The van der Waals surface area contributed by atoms with Gasteiger partial charge in [-0.3, -0.25) is 4.98 Å². The zero-order valence-corrected chi connectivity index (χ0v) is 10.8. The summed E-state index contributed by atoms with van der Waals surface area (Å²) >= 11 is 1.73. The zero-order chi connectivity index (χ0) is 12.4. The van der Waals surface area contributed by atoms with Crippen LogP contribution in [0.4, 0.5) is 5.69 Å². The third kappa shape index (κ3) is 2.19. The summed E-state index contributed by atoms with van der Waals surface area (Å²) in [5.41, 5.74) is 2.08. The molecule has 0 bridgehead atoms. The Balaban J connectivity index is 1.86. The van der Waals surface area contributed by atoms with Crippen molar-refractivity contribution in [3.63, 3.8) is 0 Å². The largest absolute Gasteiger partial charge is 0.375 e. The van der Waals surface area contributed by atoms with Crippen molar-refractivity contribution >= 4 is 27.2 Å². The SMILES string of the molecule is CC(Nc1cccnc1)c1nc2ccccc2s1. The highest BCUT2D eigenvalue weighted by atomic mass is 32.1. The molecule has 3 nitrogen and oxygen atoms in total. The van der Waals surface area contributed by atoms with Crippen LogP contribution >= 0.6 is 11.3 Å². The highest BCUT2D eigenvalue weighted by Gasteiger charge is 2.10. The Hall–Kier alpha value is -1.94. The van der Waals surface area contributed by atoms with Crippen molar-refractivity contribution in [3.8, 4) is 0 Å². The summed E-state index contributed by atoms with van der Waals surface area (Å²) in [6.07, 6.45) is 3.59. The van der Waals surface area contributed by atoms with E-state index in [1.807, 2.05) is 36.5 Å². The van der Waals surface area contributed by atoms with Crippen LogP contribution in [0, 0.1) is 0 Å². The fraction of sp³-hybridized carbons (Fsp3) is 0.143. The average molecular weight is 255 g/mol. The number of para-hydroxylation sites is 1. The van der Waals surface area contributed by atoms with E-state index in [0.717, 1.165) is 16.2 Å². The molecule has 0 fully saturated rings. The van der Waals surface area contributed by atoms with Crippen LogP contribution in [0.15, 0.2) is 48.8 Å². The summed E-state index contributed by atoms with van der Waals surface area (Å²) in [6.45, 7) is 2.12. The quantitative estimate of drug-likeness (QED) is 0.772. The van der Waals surface area contributed by atoms with Gasteiger partial charge in [0.2, 0.25) is 0 Å². The maximum absolute atomic E-state index is 4.64. The van der Waals surface area contributed by atoms with E-state index in [0.29, 0.717) is 0 Å². The summed E-state index contributed by atoms with van der Waals surface area (Å²) in [4.78, 5) is 8.74. The monoisotopic (exact) mass is 255 g/mol. The van der Waals surface area contributed by atoms with Gasteiger partial charge in [-0.05, 0) is 31.2 Å². The van der Waals surface area contributed by atoms with Crippen LogP contribution in [0.2, 0.25) is 0 Å². The third-order valence-corrected chi connectivity index (χ3v) is 3.94. The van der Waals surface area contributed by atoms with Crippen LogP contribution in [-0.4, -0.2) is 9.97 Å². The minimum absolute atomic E-state index is 0.187. The van der Waals surface area contributed by atoms with Gasteiger partial charge < -0.3 is 5.32 Å². The first kappa shape index (κ1) is 11.2. The lowest BCUT2D eigenvalue weighted by Crippen LogP contribution is -2.06. The van der Waals surface area contributed by atoms with E-state index in [1.165, 1.54) is 4.70 Å². The first-order chi connectivity index (χ1) is 8.83. The van der Waals surface area contributed by atoms with Crippen molar-refractivity contribution in [2.75, 3.05) is 5.32 Å². The van der Waals surface area contributed by atoms with Crippen molar-refractivity contribution in [1.82, 2.24) is 9.97 Å². The van der Waals surface area contributed by atoms with E-state index in [2.05, 4.69) is 28.3 Å². The van der Waals surface area contributed by atoms with E-state index < -0.39 is 0 Å². The van der Waals surface area contributed by atoms with Gasteiger partial charge in [0, 0.05) is 12.4 Å². The number of pyridine rings is 1. The number of fused-ring (bicyclic) bond motifs is 1. The molecule has 0 aliphatic rings. The van der Waals surface area contributed by atoms with E-state index in [-0.39, 0.29) is 6.04 Å². The first-order valence-electron chi connectivity index (χ1n) is 5.85. The standard InChI is InChI=1S/C14H13N3S/c1-10(16-11-5-4-8-15-9-11)14-17-12-6-2-3-7-13(12)18-14/h2-10,16H,1H3. The normalized spacial score (nSPS) is 12.5. The highest BCUT2D eigenvalue weighted by Crippen LogP contribution is 2.27. The molecule has 0 saturated heterocycles. The predicted octanol–water partition coefficient (Wildman–Crippen LogP) is 3.86. The number of benzene rings is 1. The van der Waals surface area contributed by atoms with Crippen molar-refractivity contribution in [1.29, 1.82) is 0 Å². The Kier molecular flexibility index (Phi) is 2.94. The molecule has 0 radical (unpaired) electrons. The van der Waals surface area contributed by atoms with Crippen molar-refractivity contribution < 1.29 is 0 Å². The molecule has 0 aliphatic carbocycles. The Morgan fingerprint density at radius 3 is 2.83 bits per heavy atom. The second kappa shape index (κ2) is 4.74. The molecule has 2 heterocycles. The molecule has 0 aliphatic heterocycles. The van der Waals surface area contributed by atoms with Gasteiger partial charge in [-0.25, -0.2) is 4.98 Å². The number of hydrogen-bond donors (Lipinski definition) is 1. The third-order valence-electron chi connectivity index (χ3n) is 2.73. The van der Waals surface area contributed by atoms with Crippen LogP contribution in [0.5, 0.6) is 0 Å². The molecule has 90 valence electrons. The summed E-state index contributed by atoms with van der Waals surface area (Å²) in [5, 5.41) is 4.50. The molecule has 2 aromatic heterocycles. The predicted molar refractivity (Wildman–Crippen MR) is 75.9 cm³/mol. The average Bonchev–Trinajstić information content (AvgIpc) is 2.84.